The average Bonchev–Trinajstić information content (AvgIpc) is 3.09. The van der Waals surface area contributed by atoms with Crippen LogP contribution in [0.2, 0.25) is 0 Å². The van der Waals surface area contributed by atoms with Gasteiger partial charge in [0.05, 0.1) is 12.2 Å². The lowest BCUT2D eigenvalue weighted by molar-refractivity contribution is -0.183. The van der Waals surface area contributed by atoms with Crippen LogP contribution in [0.15, 0.2) is 24.5 Å². The molecule has 4 nitrogen and oxygen atoms in total. The van der Waals surface area contributed by atoms with E-state index in [9.17, 15) is 0 Å². The summed E-state index contributed by atoms with van der Waals surface area (Å²) in [7, 11) is 2.21. The Balaban J connectivity index is 1.16. The maximum Gasteiger partial charge on any atom is 0.0935 e. The first-order valence-corrected chi connectivity index (χ1v) is 10.1. The van der Waals surface area contributed by atoms with Crippen molar-refractivity contribution < 1.29 is 4.74 Å². The third-order valence-electron chi connectivity index (χ3n) is 6.39. The quantitative estimate of drug-likeness (QED) is 0.793. The van der Waals surface area contributed by atoms with E-state index < -0.39 is 0 Å². The maximum absolute atomic E-state index is 6.38. The first-order chi connectivity index (χ1) is 12.2. The Morgan fingerprint density at radius 3 is 2.76 bits per heavy atom. The molecule has 0 amide bonds. The SMILES string of the molecule is CN(Cc1cccnc1)CC1CCC2(CN(CC3CCCC3)C2)OC1. The van der Waals surface area contributed by atoms with Gasteiger partial charge in [0.25, 0.3) is 0 Å². The van der Waals surface area contributed by atoms with Crippen molar-refractivity contribution in [2.45, 2.75) is 50.7 Å². The molecule has 4 heteroatoms. The molecular weight excluding hydrogens is 310 g/mol. The van der Waals surface area contributed by atoms with Crippen molar-refractivity contribution in [2.75, 3.05) is 39.8 Å². The summed E-state index contributed by atoms with van der Waals surface area (Å²) in [6.07, 6.45) is 12.2. The molecule has 0 aromatic carbocycles. The van der Waals surface area contributed by atoms with Crippen molar-refractivity contribution in [3.05, 3.63) is 30.1 Å². The van der Waals surface area contributed by atoms with Crippen molar-refractivity contribution in [2.24, 2.45) is 11.8 Å². The first-order valence-electron chi connectivity index (χ1n) is 10.1. The van der Waals surface area contributed by atoms with Gasteiger partial charge >= 0.3 is 0 Å². The van der Waals surface area contributed by atoms with Crippen LogP contribution in [-0.4, -0.2) is 60.2 Å². The van der Waals surface area contributed by atoms with Gasteiger partial charge in [-0.05, 0) is 56.2 Å². The lowest BCUT2D eigenvalue weighted by Crippen LogP contribution is -2.65. The lowest BCUT2D eigenvalue weighted by Gasteiger charge is -2.53. The van der Waals surface area contributed by atoms with Gasteiger partial charge in [0, 0.05) is 45.1 Å². The van der Waals surface area contributed by atoms with Gasteiger partial charge in [0.15, 0.2) is 0 Å². The van der Waals surface area contributed by atoms with Crippen molar-refractivity contribution in [1.82, 2.24) is 14.8 Å². The van der Waals surface area contributed by atoms with E-state index in [1.165, 1.54) is 63.7 Å². The minimum atomic E-state index is 0.205. The van der Waals surface area contributed by atoms with E-state index in [4.69, 9.17) is 4.74 Å². The molecule has 2 aliphatic heterocycles. The summed E-state index contributed by atoms with van der Waals surface area (Å²) in [5, 5.41) is 0. The van der Waals surface area contributed by atoms with Crippen LogP contribution in [0.1, 0.15) is 44.1 Å². The molecule has 1 spiro atoms. The van der Waals surface area contributed by atoms with Gasteiger partial charge in [-0.2, -0.15) is 0 Å². The van der Waals surface area contributed by atoms with Gasteiger partial charge in [0.1, 0.15) is 0 Å². The van der Waals surface area contributed by atoms with E-state index in [0.717, 1.165) is 25.6 Å². The van der Waals surface area contributed by atoms with Crippen molar-refractivity contribution in [3.63, 3.8) is 0 Å². The molecule has 2 saturated heterocycles. The predicted molar refractivity (Wildman–Crippen MR) is 100 cm³/mol. The van der Waals surface area contributed by atoms with Gasteiger partial charge in [-0.1, -0.05) is 18.9 Å². The topological polar surface area (TPSA) is 28.6 Å². The maximum atomic E-state index is 6.38. The van der Waals surface area contributed by atoms with Gasteiger partial charge in [-0.15, -0.1) is 0 Å². The number of hydrogen-bond acceptors (Lipinski definition) is 4. The summed E-state index contributed by atoms with van der Waals surface area (Å²) in [6, 6.07) is 4.17. The molecule has 1 saturated carbocycles. The Kier molecular flexibility index (Phi) is 5.39. The van der Waals surface area contributed by atoms with E-state index in [2.05, 4.69) is 27.9 Å². The molecule has 0 radical (unpaired) electrons. The summed E-state index contributed by atoms with van der Waals surface area (Å²) in [4.78, 5) is 9.27. The van der Waals surface area contributed by atoms with Crippen LogP contribution >= 0.6 is 0 Å². The fourth-order valence-electron chi connectivity index (χ4n) is 5.08. The molecular formula is C21H33N3O. The van der Waals surface area contributed by atoms with Gasteiger partial charge in [-0.25, -0.2) is 0 Å². The molecule has 1 aliphatic carbocycles. The standard InChI is InChI=1S/C21H33N3O/c1-23(12-19-7-4-10-22-11-19)13-20-8-9-21(25-15-20)16-24(17-21)14-18-5-2-3-6-18/h4,7,10-11,18,20H,2-3,5-6,8-9,12-17H2,1H3. The molecule has 3 aliphatic rings. The van der Waals surface area contributed by atoms with Gasteiger partial charge in [0.2, 0.25) is 0 Å². The fourth-order valence-corrected chi connectivity index (χ4v) is 5.08. The Bertz CT molecular complexity index is 527. The highest BCUT2D eigenvalue weighted by Crippen LogP contribution is 2.37. The summed E-state index contributed by atoms with van der Waals surface area (Å²) in [5.74, 6) is 1.64. The Morgan fingerprint density at radius 2 is 2.08 bits per heavy atom. The second-order valence-electron chi connectivity index (χ2n) is 8.78. The van der Waals surface area contributed by atoms with Crippen LogP contribution < -0.4 is 0 Å². The van der Waals surface area contributed by atoms with Crippen LogP contribution in [0.4, 0.5) is 0 Å². The molecule has 138 valence electrons. The zero-order chi connectivity index (χ0) is 17.1. The highest BCUT2D eigenvalue weighted by molar-refractivity contribution is 5.08. The number of ether oxygens (including phenoxy) is 1. The first kappa shape index (κ1) is 17.4. The van der Waals surface area contributed by atoms with Crippen molar-refractivity contribution >= 4 is 0 Å². The van der Waals surface area contributed by atoms with Crippen LogP contribution in [0.3, 0.4) is 0 Å². The monoisotopic (exact) mass is 343 g/mol. The minimum Gasteiger partial charge on any atom is -0.372 e. The summed E-state index contributed by atoms with van der Waals surface area (Å²) in [5.41, 5.74) is 1.50. The third-order valence-corrected chi connectivity index (χ3v) is 6.39. The van der Waals surface area contributed by atoms with Crippen molar-refractivity contribution in [3.8, 4) is 0 Å². The third kappa shape index (κ3) is 4.42. The van der Waals surface area contributed by atoms with Crippen molar-refractivity contribution in [1.29, 1.82) is 0 Å². The number of hydrogen-bond donors (Lipinski definition) is 0. The largest absolute Gasteiger partial charge is 0.372 e. The Morgan fingerprint density at radius 1 is 1.24 bits per heavy atom. The molecule has 1 aromatic heterocycles. The molecule has 3 fully saturated rings. The smallest absolute Gasteiger partial charge is 0.0935 e. The molecule has 4 rings (SSSR count). The van der Waals surface area contributed by atoms with E-state index in [0.29, 0.717) is 5.92 Å². The highest BCUT2D eigenvalue weighted by Gasteiger charge is 2.46. The number of pyridine rings is 1. The minimum absolute atomic E-state index is 0.205. The van der Waals surface area contributed by atoms with Crippen LogP contribution in [0, 0.1) is 11.8 Å². The Labute approximate surface area is 152 Å². The molecule has 25 heavy (non-hydrogen) atoms. The molecule has 0 bridgehead atoms. The zero-order valence-corrected chi connectivity index (χ0v) is 15.7. The fraction of sp³-hybridized carbons (Fsp3) is 0.762. The second kappa shape index (κ2) is 7.73. The summed E-state index contributed by atoms with van der Waals surface area (Å²) in [6.45, 7) is 6.72. The molecule has 1 unspecified atom stereocenters. The van der Waals surface area contributed by atoms with Gasteiger partial charge in [-0.3, -0.25) is 9.88 Å². The molecule has 1 aromatic rings. The highest BCUT2D eigenvalue weighted by atomic mass is 16.5. The van der Waals surface area contributed by atoms with E-state index >= 15 is 0 Å². The number of likely N-dealkylation sites (tertiary alicyclic amines) is 1. The van der Waals surface area contributed by atoms with Gasteiger partial charge < -0.3 is 9.64 Å². The van der Waals surface area contributed by atoms with E-state index in [1.807, 2.05) is 18.5 Å². The number of nitrogens with zero attached hydrogens (tertiary/aromatic N) is 3. The van der Waals surface area contributed by atoms with E-state index in [1.54, 1.807) is 0 Å². The van der Waals surface area contributed by atoms with Crippen LogP contribution in [0.25, 0.3) is 0 Å². The summed E-state index contributed by atoms with van der Waals surface area (Å²) >= 11 is 0. The lowest BCUT2D eigenvalue weighted by atomic mass is 9.82. The Hall–Kier alpha value is -0.970. The van der Waals surface area contributed by atoms with E-state index in [-0.39, 0.29) is 5.60 Å². The van der Waals surface area contributed by atoms with Crippen LogP contribution in [-0.2, 0) is 11.3 Å². The average molecular weight is 344 g/mol. The second-order valence-corrected chi connectivity index (χ2v) is 8.78. The number of rotatable bonds is 6. The molecule has 0 N–H and O–H groups in total. The normalized spacial score (nSPS) is 27.0. The predicted octanol–water partition coefficient (Wildman–Crippen LogP) is 3.18. The zero-order valence-electron chi connectivity index (χ0n) is 15.7. The molecule has 3 heterocycles. The number of aromatic nitrogens is 1. The molecule has 1 atom stereocenters. The van der Waals surface area contributed by atoms with Crippen LogP contribution in [0.5, 0.6) is 0 Å². The summed E-state index contributed by atoms with van der Waals surface area (Å²) < 4.78 is 6.38.